The van der Waals surface area contributed by atoms with Crippen LogP contribution in [0.5, 0.6) is 11.5 Å². The quantitative estimate of drug-likeness (QED) is 0.211. The van der Waals surface area contributed by atoms with Crippen LogP contribution in [0.3, 0.4) is 0 Å². The minimum atomic E-state index is 0.0796. The van der Waals surface area contributed by atoms with Crippen LogP contribution >= 0.6 is 0 Å². The molecule has 0 saturated carbocycles. The van der Waals surface area contributed by atoms with E-state index in [1.165, 1.54) is 77.7 Å². The molecule has 1 aromatic carbocycles. The zero-order chi connectivity index (χ0) is 22.3. The van der Waals surface area contributed by atoms with Crippen LogP contribution in [0.2, 0.25) is 0 Å². The van der Waals surface area contributed by atoms with Crippen LogP contribution < -0.4 is 10.1 Å². The van der Waals surface area contributed by atoms with Crippen LogP contribution in [0.4, 0.5) is 0 Å². The molecule has 1 saturated heterocycles. The zero-order valence-electron chi connectivity index (χ0n) is 19.7. The van der Waals surface area contributed by atoms with Gasteiger partial charge in [0.25, 0.3) is 0 Å². The van der Waals surface area contributed by atoms with Gasteiger partial charge in [-0.2, -0.15) is 0 Å². The smallest absolute Gasteiger partial charge is 0.220 e. The summed E-state index contributed by atoms with van der Waals surface area (Å²) in [6.07, 6.45) is 18.0. The van der Waals surface area contributed by atoms with Crippen molar-refractivity contribution >= 4 is 5.91 Å². The first-order chi connectivity index (χ1) is 15.1. The molecule has 1 aliphatic rings. The summed E-state index contributed by atoms with van der Waals surface area (Å²) in [6, 6.07) is 5.13. The number of epoxide rings is 1. The Balaban J connectivity index is 1.38. The maximum atomic E-state index is 12.0. The molecule has 5 nitrogen and oxygen atoms in total. The molecule has 1 heterocycles. The molecule has 1 aromatic rings. The molecule has 2 N–H and O–H groups in total. The number of unbranched alkanes of at least 4 members (excludes halogenated alkanes) is 9. The van der Waals surface area contributed by atoms with E-state index in [-0.39, 0.29) is 11.7 Å². The van der Waals surface area contributed by atoms with Crippen molar-refractivity contribution in [3.63, 3.8) is 0 Å². The Kier molecular flexibility index (Phi) is 12.4. The summed E-state index contributed by atoms with van der Waals surface area (Å²) in [5.74, 6) is 0.618. The van der Waals surface area contributed by atoms with Crippen molar-refractivity contribution in [1.82, 2.24) is 5.32 Å². The number of carbonyl (C=O) groups excluding carboxylic acids is 1. The third-order valence-corrected chi connectivity index (χ3v) is 6.16. The third kappa shape index (κ3) is 10.9. The second-order valence-corrected chi connectivity index (χ2v) is 8.86. The average molecular weight is 434 g/mol. The number of methoxy groups -OCH3 is 1. The van der Waals surface area contributed by atoms with Crippen molar-refractivity contribution in [2.75, 3.05) is 7.11 Å². The lowest BCUT2D eigenvalue weighted by Gasteiger charge is -2.08. The van der Waals surface area contributed by atoms with Crippen molar-refractivity contribution in [2.45, 2.75) is 116 Å². The van der Waals surface area contributed by atoms with Crippen molar-refractivity contribution < 1.29 is 19.4 Å². The summed E-state index contributed by atoms with van der Waals surface area (Å²) >= 11 is 0. The number of nitrogens with one attached hydrogen (secondary N) is 1. The summed E-state index contributed by atoms with van der Waals surface area (Å²) < 4.78 is 10.9. The number of benzene rings is 1. The first-order valence-electron chi connectivity index (χ1n) is 12.4. The monoisotopic (exact) mass is 433 g/mol. The SMILES string of the molecule is CCCCCCCC[C@H]1O[C@@H]1CCCCCCCC(=O)NCc1ccc(O)c(OC)c1. The van der Waals surface area contributed by atoms with Crippen LogP contribution in [0.15, 0.2) is 18.2 Å². The van der Waals surface area contributed by atoms with E-state index in [0.29, 0.717) is 30.9 Å². The highest BCUT2D eigenvalue weighted by Gasteiger charge is 2.36. The Bertz CT molecular complexity index is 634. The fourth-order valence-corrected chi connectivity index (χ4v) is 4.10. The van der Waals surface area contributed by atoms with E-state index in [4.69, 9.17) is 9.47 Å². The minimum absolute atomic E-state index is 0.0796. The number of phenols is 1. The molecule has 0 bridgehead atoms. The van der Waals surface area contributed by atoms with E-state index in [2.05, 4.69) is 12.2 Å². The van der Waals surface area contributed by atoms with Gasteiger partial charge in [0.1, 0.15) is 0 Å². The van der Waals surface area contributed by atoms with Crippen molar-refractivity contribution in [1.29, 1.82) is 0 Å². The van der Waals surface area contributed by atoms with Gasteiger partial charge < -0.3 is 19.9 Å². The highest BCUT2D eigenvalue weighted by Crippen LogP contribution is 2.32. The molecular formula is C26H43NO4. The first-order valence-corrected chi connectivity index (χ1v) is 12.4. The standard InChI is InChI=1S/C26H43NO4/c1-3-4-5-6-8-11-14-23-24(31-23)15-12-9-7-10-13-16-26(29)27-20-21-17-18-22(28)25(19-21)30-2/h17-19,23-24,28H,3-16,20H2,1-2H3,(H,27,29)/t23-,24-/m1/s1. The number of aromatic hydroxyl groups is 1. The van der Waals surface area contributed by atoms with E-state index in [9.17, 15) is 9.90 Å². The van der Waals surface area contributed by atoms with E-state index < -0.39 is 0 Å². The lowest BCUT2D eigenvalue weighted by Crippen LogP contribution is -2.22. The molecule has 176 valence electrons. The normalized spacial score (nSPS) is 17.5. The Morgan fingerprint density at radius 1 is 0.968 bits per heavy atom. The average Bonchev–Trinajstić information content (AvgIpc) is 3.53. The predicted molar refractivity (Wildman–Crippen MR) is 125 cm³/mol. The van der Waals surface area contributed by atoms with E-state index in [1.54, 1.807) is 18.2 Å². The number of amides is 1. The molecule has 31 heavy (non-hydrogen) atoms. The van der Waals surface area contributed by atoms with Gasteiger partial charge in [-0.3, -0.25) is 4.79 Å². The number of rotatable bonds is 18. The molecule has 1 amide bonds. The van der Waals surface area contributed by atoms with Crippen LogP contribution in [0, 0.1) is 0 Å². The van der Waals surface area contributed by atoms with Crippen molar-refractivity contribution in [3.8, 4) is 11.5 Å². The fraction of sp³-hybridized carbons (Fsp3) is 0.731. The van der Waals surface area contributed by atoms with E-state index in [0.717, 1.165) is 18.4 Å². The van der Waals surface area contributed by atoms with Gasteiger partial charge in [0, 0.05) is 13.0 Å². The molecule has 1 fully saturated rings. The maximum absolute atomic E-state index is 12.0. The third-order valence-electron chi connectivity index (χ3n) is 6.16. The Labute approximate surface area is 188 Å². The summed E-state index contributed by atoms with van der Waals surface area (Å²) in [6.45, 7) is 2.72. The topological polar surface area (TPSA) is 71.1 Å². The summed E-state index contributed by atoms with van der Waals surface area (Å²) in [5.41, 5.74) is 0.917. The number of hydrogen-bond acceptors (Lipinski definition) is 4. The number of phenolic OH excluding ortho intramolecular Hbond substituents is 1. The first kappa shape index (κ1) is 25.5. The molecule has 0 radical (unpaired) electrons. The highest BCUT2D eigenvalue weighted by atomic mass is 16.6. The Morgan fingerprint density at radius 2 is 1.58 bits per heavy atom. The lowest BCUT2D eigenvalue weighted by molar-refractivity contribution is -0.121. The van der Waals surface area contributed by atoms with Crippen LogP contribution in [0.25, 0.3) is 0 Å². The summed E-state index contributed by atoms with van der Waals surface area (Å²) in [7, 11) is 1.52. The van der Waals surface area contributed by atoms with E-state index in [1.807, 2.05) is 0 Å². The molecule has 5 heteroatoms. The van der Waals surface area contributed by atoms with Gasteiger partial charge in [0.2, 0.25) is 5.91 Å². The van der Waals surface area contributed by atoms with Crippen molar-refractivity contribution in [3.05, 3.63) is 23.8 Å². The molecule has 0 aromatic heterocycles. The van der Waals surface area contributed by atoms with Gasteiger partial charge in [-0.05, 0) is 37.0 Å². The Morgan fingerprint density at radius 3 is 2.23 bits per heavy atom. The van der Waals surface area contributed by atoms with Gasteiger partial charge in [-0.25, -0.2) is 0 Å². The maximum Gasteiger partial charge on any atom is 0.220 e. The van der Waals surface area contributed by atoms with Gasteiger partial charge in [-0.15, -0.1) is 0 Å². The largest absolute Gasteiger partial charge is 0.504 e. The number of ether oxygens (including phenoxy) is 2. The minimum Gasteiger partial charge on any atom is -0.504 e. The molecule has 2 atom stereocenters. The van der Waals surface area contributed by atoms with E-state index >= 15 is 0 Å². The Hall–Kier alpha value is -1.75. The number of carbonyl (C=O) groups is 1. The van der Waals surface area contributed by atoms with Crippen LogP contribution in [-0.4, -0.2) is 30.3 Å². The summed E-state index contributed by atoms with van der Waals surface area (Å²) in [4.78, 5) is 12.0. The fourth-order valence-electron chi connectivity index (χ4n) is 4.10. The molecule has 0 spiro atoms. The van der Waals surface area contributed by atoms with Crippen molar-refractivity contribution in [2.24, 2.45) is 0 Å². The molecule has 2 rings (SSSR count). The summed E-state index contributed by atoms with van der Waals surface area (Å²) in [5, 5.41) is 12.6. The predicted octanol–water partition coefficient (Wildman–Crippen LogP) is 6.27. The second-order valence-electron chi connectivity index (χ2n) is 8.86. The van der Waals surface area contributed by atoms with Crippen LogP contribution in [0.1, 0.15) is 102 Å². The lowest BCUT2D eigenvalue weighted by atomic mass is 10.0. The molecular weight excluding hydrogens is 390 g/mol. The highest BCUT2D eigenvalue weighted by molar-refractivity contribution is 5.75. The molecule has 0 unspecified atom stereocenters. The van der Waals surface area contributed by atoms with Gasteiger partial charge in [-0.1, -0.05) is 77.2 Å². The van der Waals surface area contributed by atoms with Gasteiger partial charge >= 0.3 is 0 Å². The zero-order valence-corrected chi connectivity index (χ0v) is 19.7. The number of hydrogen-bond donors (Lipinski definition) is 2. The van der Waals surface area contributed by atoms with Gasteiger partial charge in [0.05, 0.1) is 19.3 Å². The van der Waals surface area contributed by atoms with Gasteiger partial charge in [0.15, 0.2) is 11.5 Å². The molecule has 1 aliphatic heterocycles. The van der Waals surface area contributed by atoms with Crippen LogP contribution in [-0.2, 0) is 16.1 Å². The molecule has 0 aliphatic carbocycles. The second kappa shape index (κ2) is 15.1.